The number of likely N-dealkylation sites (tertiary alicyclic amines) is 1. The molecule has 0 spiro atoms. The van der Waals surface area contributed by atoms with Gasteiger partial charge in [0.25, 0.3) is 0 Å². The average Bonchev–Trinajstić information content (AvgIpc) is 3.27. The smallest absolute Gasteiger partial charge is 0.193 e. The van der Waals surface area contributed by atoms with E-state index in [1.54, 1.807) is 18.4 Å². The highest BCUT2D eigenvalue weighted by Gasteiger charge is 2.26. The van der Waals surface area contributed by atoms with Crippen LogP contribution in [0.25, 0.3) is 0 Å². The molecule has 0 amide bonds. The summed E-state index contributed by atoms with van der Waals surface area (Å²) in [5, 5.41) is 8.03. The molecule has 0 radical (unpaired) electrons. The minimum absolute atomic E-state index is 0.389. The standard InChI is InChI=1S/C18H32N4OS/c1-5-21(6-2)17(16-8-10-24-14-16)11-20-18(19-3)22-9-7-15(12-22)13-23-4/h8,10,14-15,17H,5-7,9,11-13H2,1-4H3,(H,19,20). The van der Waals surface area contributed by atoms with Crippen molar-refractivity contribution in [1.82, 2.24) is 15.1 Å². The van der Waals surface area contributed by atoms with Crippen molar-refractivity contribution in [3.05, 3.63) is 22.4 Å². The maximum Gasteiger partial charge on any atom is 0.193 e. The zero-order valence-electron chi connectivity index (χ0n) is 15.5. The van der Waals surface area contributed by atoms with Crippen LogP contribution in [0.5, 0.6) is 0 Å². The number of rotatable bonds is 8. The number of hydrogen-bond acceptors (Lipinski definition) is 4. The van der Waals surface area contributed by atoms with Gasteiger partial charge in [0.1, 0.15) is 0 Å². The molecule has 2 unspecified atom stereocenters. The van der Waals surface area contributed by atoms with Crippen LogP contribution in [-0.2, 0) is 4.74 Å². The molecule has 1 aromatic heterocycles. The van der Waals surface area contributed by atoms with Gasteiger partial charge in [-0.05, 0) is 41.9 Å². The molecule has 0 saturated carbocycles. The molecule has 136 valence electrons. The summed E-state index contributed by atoms with van der Waals surface area (Å²) >= 11 is 1.77. The predicted octanol–water partition coefficient (Wildman–Crippen LogP) is 2.67. The van der Waals surface area contributed by atoms with Gasteiger partial charge in [-0.15, -0.1) is 0 Å². The van der Waals surface area contributed by atoms with Crippen molar-refractivity contribution in [3.8, 4) is 0 Å². The Hall–Kier alpha value is -1.11. The molecule has 6 heteroatoms. The van der Waals surface area contributed by atoms with Crippen molar-refractivity contribution in [2.75, 3.05) is 53.5 Å². The van der Waals surface area contributed by atoms with E-state index in [9.17, 15) is 0 Å². The lowest BCUT2D eigenvalue weighted by atomic mass is 10.1. The van der Waals surface area contributed by atoms with Crippen LogP contribution in [0.4, 0.5) is 0 Å². The van der Waals surface area contributed by atoms with Crippen LogP contribution in [0.1, 0.15) is 31.9 Å². The fourth-order valence-electron chi connectivity index (χ4n) is 3.50. The van der Waals surface area contributed by atoms with E-state index in [-0.39, 0.29) is 0 Å². The lowest BCUT2D eigenvalue weighted by molar-refractivity contribution is 0.157. The number of methoxy groups -OCH3 is 1. The highest BCUT2D eigenvalue weighted by Crippen LogP contribution is 2.23. The number of ether oxygens (including phenoxy) is 1. The van der Waals surface area contributed by atoms with Gasteiger partial charge in [0.2, 0.25) is 0 Å². The lowest BCUT2D eigenvalue weighted by Crippen LogP contribution is -2.44. The zero-order valence-corrected chi connectivity index (χ0v) is 16.3. The van der Waals surface area contributed by atoms with Gasteiger partial charge in [0, 0.05) is 39.7 Å². The molecule has 1 N–H and O–H groups in total. The Morgan fingerprint density at radius 3 is 2.88 bits per heavy atom. The normalized spacial score (nSPS) is 20.0. The van der Waals surface area contributed by atoms with Crippen LogP contribution < -0.4 is 5.32 Å². The Morgan fingerprint density at radius 2 is 2.29 bits per heavy atom. The van der Waals surface area contributed by atoms with Crippen LogP contribution >= 0.6 is 11.3 Å². The van der Waals surface area contributed by atoms with E-state index in [1.807, 2.05) is 7.05 Å². The summed E-state index contributed by atoms with van der Waals surface area (Å²) in [5.74, 6) is 1.63. The fraction of sp³-hybridized carbons (Fsp3) is 0.722. The molecule has 0 bridgehead atoms. The molecule has 5 nitrogen and oxygen atoms in total. The maximum atomic E-state index is 5.30. The van der Waals surface area contributed by atoms with E-state index in [0.29, 0.717) is 12.0 Å². The molecule has 2 heterocycles. The average molecular weight is 353 g/mol. The number of nitrogens with zero attached hydrogens (tertiary/aromatic N) is 3. The summed E-state index contributed by atoms with van der Waals surface area (Å²) in [6, 6.07) is 2.63. The number of nitrogens with one attached hydrogen (secondary N) is 1. The molecule has 1 saturated heterocycles. The van der Waals surface area contributed by atoms with E-state index < -0.39 is 0 Å². The number of guanidine groups is 1. The summed E-state index contributed by atoms with van der Waals surface area (Å²) in [7, 11) is 3.66. The molecule has 2 rings (SSSR count). The minimum atomic E-state index is 0.389. The van der Waals surface area contributed by atoms with Crippen LogP contribution in [0.2, 0.25) is 0 Å². The monoisotopic (exact) mass is 352 g/mol. The van der Waals surface area contributed by atoms with Gasteiger partial charge in [-0.3, -0.25) is 9.89 Å². The Morgan fingerprint density at radius 1 is 1.50 bits per heavy atom. The predicted molar refractivity (Wildman–Crippen MR) is 103 cm³/mol. The number of likely N-dealkylation sites (N-methyl/N-ethyl adjacent to an activating group) is 1. The van der Waals surface area contributed by atoms with Gasteiger partial charge < -0.3 is 15.0 Å². The molecule has 1 aromatic rings. The fourth-order valence-corrected chi connectivity index (χ4v) is 4.21. The molecule has 0 aromatic carbocycles. The molecule has 2 atom stereocenters. The van der Waals surface area contributed by atoms with Gasteiger partial charge in [0.15, 0.2) is 5.96 Å². The first-order valence-electron chi connectivity index (χ1n) is 8.94. The largest absolute Gasteiger partial charge is 0.384 e. The van der Waals surface area contributed by atoms with Crippen LogP contribution in [-0.4, -0.2) is 69.2 Å². The highest BCUT2D eigenvalue weighted by molar-refractivity contribution is 7.07. The van der Waals surface area contributed by atoms with E-state index >= 15 is 0 Å². The van der Waals surface area contributed by atoms with Crippen molar-refractivity contribution >= 4 is 17.3 Å². The quantitative estimate of drug-likeness (QED) is 0.577. The van der Waals surface area contributed by atoms with Crippen molar-refractivity contribution in [2.45, 2.75) is 26.3 Å². The third kappa shape index (κ3) is 4.94. The van der Waals surface area contributed by atoms with Crippen LogP contribution in [0.3, 0.4) is 0 Å². The SMILES string of the molecule is CCN(CC)C(CNC(=NC)N1CCC(COC)C1)c1ccsc1. The van der Waals surface area contributed by atoms with E-state index in [4.69, 9.17) is 4.74 Å². The van der Waals surface area contributed by atoms with Crippen LogP contribution in [0, 0.1) is 5.92 Å². The van der Waals surface area contributed by atoms with Crippen molar-refractivity contribution in [3.63, 3.8) is 0 Å². The Kier molecular flexibility index (Phi) is 8.02. The molecular weight excluding hydrogens is 320 g/mol. The van der Waals surface area contributed by atoms with Gasteiger partial charge in [-0.25, -0.2) is 0 Å². The first kappa shape index (κ1) is 19.2. The topological polar surface area (TPSA) is 40.1 Å². The molecule has 1 aliphatic rings. The Labute approximate surface area is 150 Å². The lowest BCUT2D eigenvalue weighted by Gasteiger charge is -2.31. The Balaban J connectivity index is 1.97. The van der Waals surface area contributed by atoms with Gasteiger partial charge >= 0.3 is 0 Å². The number of hydrogen-bond donors (Lipinski definition) is 1. The van der Waals surface area contributed by atoms with Crippen LogP contribution in [0.15, 0.2) is 21.8 Å². The van der Waals surface area contributed by atoms with Gasteiger partial charge in [0.05, 0.1) is 12.6 Å². The van der Waals surface area contributed by atoms with Gasteiger partial charge in [-0.1, -0.05) is 13.8 Å². The highest BCUT2D eigenvalue weighted by atomic mass is 32.1. The maximum absolute atomic E-state index is 5.30. The molecular formula is C18H32N4OS. The molecule has 1 fully saturated rings. The van der Waals surface area contributed by atoms with E-state index in [1.165, 1.54) is 12.0 Å². The third-order valence-corrected chi connectivity index (χ3v) is 5.54. The second-order valence-corrected chi connectivity index (χ2v) is 7.06. The second kappa shape index (κ2) is 10.0. The summed E-state index contributed by atoms with van der Waals surface area (Å²) in [5.41, 5.74) is 1.39. The summed E-state index contributed by atoms with van der Waals surface area (Å²) < 4.78 is 5.30. The van der Waals surface area contributed by atoms with E-state index in [2.05, 4.69) is 50.8 Å². The van der Waals surface area contributed by atoms with Gasteiger partial charge in [-0.2, -0.15) is 11.3 Å². The summed E-state index contributed by atoms with van der Waals surface area (Å²) in [6.45, 7) is 10.4. The van der Waals surface area contributed by atoms with Crippen molar-refractivity contribution < 1.29 is 4.74 Å². The first-order chi connectivity index (χ1) is 11.7. The zero-order chi connectivity index (χ0) is 17.4. The second-order valence-electron chi connectivity index (χ2n) is 6.28. The molecule has 0 aliphatic carbocycles. The third-order valence-electron chi connectivity index (χ3n) is 4.83. The summed E-state index contributed by atoms with van der Waals surface area (Å²) in [4.78, 5) is 9.36. The number of aliphatic imine (C=N–C) groups is 1. The summed E-state index contributed by atoms with van der Waals surface area (Å²) in [6.07, 6.45) is 1.18. The van der Waals surface area contributed by atoms with Crippen molar-refractivity contribution in [2.24, 2.45) is 10.9 Å². The first-order valence-corrected chi connectivity index (χ1v) is 9.88. The molecule has 24 heavy (non-hydrogen) atoms. The number of thiophene rings is 1. The van der Waals surface area contributed by atoms with E-state index in [0.717, 1.165) is 45.3 Å². The molecule has 1 aliphatic heterocycles. The minimum Gasteiger partial charge on any atom is -0.384 e. The van der Waals surface area contributed by atoms with Crippen molar-refractivity contribution in [1.29, 1.82) is 0 Å². The Bertz CT molecular complexity index is 487.